The first-order chi connectivity index (χ1) is 17.6. The summed E-state index contributed by atoms with van der Waals surface area (Å²) in [6, 6.07) is 22.4. The van der Waals surface area contributed by atoms with E-state index in [1.807, 2.05) is 35.2 Å². The van der Waals surface area contributed by atoms with Gasteiger partial charge in [0.05, 0.1) is 5.60 Å². The van der Waals surface area contributed by atoms with Crippen LogP contribution in [0, 0.1) is 0 Å². The maximum Gasteiger partial charge on any atom is 0.410 e. The molecule has 6 nitrogen and oxygen atoms in total. The summed E-state index contributed by atoms with van der Waals surface area (Å²) < 4.78 is 11.4. The van der Waals surface area contributed by atoms with Crippen LogP contribution in [0.3, 0.4) is 0 Å². The second-order valence-electron chi connectivity index (χ2n) is 10.4. The highest BCUT2D eigenvalue weighted by molar-refractivity contribution is 5.79. The first kappa shape index (κ1) is 21.6. The Morgan fingerprint density at radius 1 is 1.00 bits per heavy atom. The molecule has 2 aliphatic heterocycles. The number of ether oxygens (including phenoxy) is 1. The van der Waals surface area contributed by atoms with E-state index in [0.717, 1.165) is 30.3 Å². The lowest BCUT2D eigenvalue weighted by molar-refractivity contribution is -0.0890. The molecule has 2 fully saturated rings. The predicted octanol–water partition coefficient (Wildman–Crippen LogP) is 5.98. The Labute approximate surface area is 209 Å². The molecule has 6 heteroatoms. The number of oxazole rings is 1. The Morgan fingerprint density at radius 3 is 2.36 bits per heavy atom. The van der Waals surface area contributed by atoms with Gasteiger partial charge in [0.1, 0.15) is 12.1 Å². The van der Waals surface area contributed by atoms with Gasteiger partial charge in [-0.3, -0.25) is 0 Å². The SMILES string of the molecule is O=C(OCC1c2ccccc2-c2ccccc21)N1C2CCCC1CC(O)(c1ccc3ocnc3c1)C2. The molecular formula is C30H28N2O4. The molecule has 2 atom stereocenters. The number of aliphatic hydroxyl groups is 1. The van der Waals surface area contributed by atoms with Gasteiger partial charge in [-0.05, 0) is 59.2 Å². The maximum atomic E-state index is 13.5. The van der Waals surface area contributed by atoms with Crippen molar-refractivity contribution in [3.05, 3.63) is 89.8 Å². The highest BCUT2D eigenvalue weighted by Crippen LogP contribution is 2.47. The fraction of sp³-hybridized carbons (Fsp3) is 0.333. The molecule has 1 N–H and O–H groups in total. The summed E-state index contributed by atoms with van der Waals surface area (Å²) in [6.45, 7) is 0.315. The van der Waals surface area contributed by atoms with Crippen molar-refractivity contribution in [1.82, 2.24) is 9.88 Å². The van der Waals surface area contributed by atoms with Gasteiger partial charge in [-0.25, -0.2) is 9.78 Å². The van der Waals surface area contributed by atoms with Crippen LogP contribution in [0.25, 0.3) is 22.2 Å². The molecule has 1 aliphatic carbocycles. The van der Waals surface area contributed by atoms with Crippen LogP contribution < -0.4 is 0 Å². The molecular weight excluding hydrogens is 452 g/mol. The molecule has 0 saturated carbocycles. The van der Waals surface area contributed by atoms with Gasteiger partial charge in [-0.15, -0.1) is 0 Å². The molecule has 3 aromatic carbocycles. The highest BCUT2D eigenvalue weighted by atomic mass is 16.6. The van der Waals surface area contributed by atoms with Crippen molar-refractivity contribution in [1.29, 1.82) is 0 Å². The zero-order valence-corrected chi connectivity index (χ0v) is 20.0. The number of amides is 1. The van der Waals surface area contributed by atoms with Crippen molar-refractivity contribution in [3.63, 3.8) is 0 Å². The third-order valence-electron chi connectivity index (χ3n) is 8.42. The lowest BCUT2D eigenvalue weighted by Crippen LogP contribution is -2.59. The minimum atomic E-state index is -0.997. The zero-order valence-electron chi connectivity index (χ0n) is 20.0. The second kappa shape index (κ2) is 8.20. The van der Waals surface area contributed by atoms with Crippen LogP contribution in [0.15, 0.2) is 77.5 Å². The molecule has 7 rings (SSSR count). The molecule has 3 aliphatic rings. The molecule has 2 unspecified atom stereocenters. The third kappa shape index (κ3) is 3.35. The summed E-state index contributed by atoms with van der Waals surface area (Å²) in [6.07, 6.45) is 4.95. The number of hydrogen-bond donors (Lipinski definition) is 1. The summed E-state index contributed by atoms with van der Waals surface area (Å²) in [4.78, 5) is 19.6. The lowest BCUT2D eigenvalue weighted by Gasteiger charge is -2.51. The summed E-state index contributed by atoms with van der Waals surface area (Å²) in [5, 5.41) is 11.7. The number of rotatable bonds is 3. The highest BCUT2D eigenvalue weighted by Gasteiger charge is 2.49. The average Bonchev–Trinajstić information content (AvgIpc) is 3.49. The van der Waals surface area contributed by atoms with Gasteiger partial charge in [0.25, 0.3) is 0 Å². The first-order valence-electron chi connectivity index (χ1n) is 12.8. The van der Waals surface area contributed by atoms with Gasteiger partial charge in [-0.2, -0.15) is 0 Å². The molecule has 4 aromatic rings. The molecule has 182 valence electrons. The molecule has 2 saturated heterocycles. The van der Waals surface area contributed by atoms with Crippen molar-refractivity contribution in [3.8, 4) is 11.1 Å². The van der Waals surface area contributed by atoms with E-state index in [9.17, 15) is 9.90 Å². The Hall–Kier alpha value is -3.64. The average molecular weight is 481 g/mol. The maximum absolute atomic E-state index is 13.5. The van der Waals surface area contributed by atoms with Crippen molar-refractivity contribution in [2.45, 2.75) is 55.7 Å². The Bertz CT molecular complexity index is 1400. The second-order valence-corrected chi connectivity index (χ2v) is 10.4. The fourth-order valence-corrected chi connectivity index (χ4v) is 6.78. The molecule has 0 spiro atoms. The molecule has 3 heterocycles. The standard InChI is InChI=1S/C30H28N2O4/c33-29(35-17-26-24-10-3-1-8-22(24)23-9-2-4-11-25(23)26)32-20-6-5-7-21(32)16-30(34,15-20)19-12-13-28-27(14-19)31-18-36-28/h1-4,8-14,18,20-21,26,34H,5-7,15-17H2. The van der Waals surface area contributed by atoms with Crippen molar-refractivity contribution in [2.24, 2.45) is 0 Å². The van der Waals surface area contributed by atoms with E-state index in [0.29, 0.717) is 25.0 Å². The van der Waals surface area contributed by atoms with Crippen LogP contribution in [-0.2, 0) is 10.3 Å². The van der Waals surface area contributed by atoms with Crippen molar-refractivity contribution in [2.75, 3.05) is 6.61 Å². The van der Waals surface area contributed by atoms with Crippen molar-refractivity contribution >= 4 is 17.2 Å². The minimum Gasteiger partial charge on any atom is -0.448 e. The molecule has 1 amide bonds. The van der Waals surface area contributed by atoms with Crippen molar-refractivity contribution < 1.29 is 19.1 Å². The van der Waals surface area contributed by atoms with E-state index in [-0.39, 0.29) is 24.1 Å². The van der Waals surface area contributed by atoms with E-state index in [1.54, 1.807) is 0 Å². The third-order valence-corrected chi connectivity index (χ3v) is 8.42. The summed E-state index contributed by atoms with van der Waals surface area (Å²) in [7, 11) is 0. The minimum absolute atomic E-state index is 0.0390. The van der Waals surface area contributed by atoms with Crippen LogP contribution in [0.2, 0.25) is 0 Å². The monoisotopic (exact) mass is 480 g/mol. The number of nitrogens with zero attached hydrogens (tertiary/aromatic N) is 2. The van der Waals surface area contributed by atoms with Gasteiger partial charge in [0.2, 0.25) is 0 Å². The number of carbonyl (C=O) groups is 1. The van der Waals surface area contributed by atoms with E-state index in [4.69, 9.17) is 9.15 Å². The number of aromatic nitrogens is 1. The smallest absolute Gasteiger partial charge is 0.410 e. The van der Waals surface area contributed by atoms with Crippen LogP contribution in [-0.4, -0.2) is 39.8 Å². The predicted molar refractivity (Wildman–Crippen MR) is 135 cm³/mol. The quantitative estimate of drug-likeness (QED) is 0.390. The van der Waals surface area contributed by atoms with E-state index >= 15 is 0 Å². The van der Waals surface area contributed by atoms with Gasteiger partial charge in [0, 0.05) is 30.8 Å². The van der Waals surface area contributed by atoms with Gasteiger partial charge >= 0.3 is 6.09 Å². The van der Waals surface area contributed by atoms with E-state index in [2.05, 4.69) is 41.4 Å². The summed E-state index contributed by atoms with van der Waals surface area (Å²) in [5.41, 5.74) is 6.15. The fourth-order valence-electron chi connectivity index (χ4n) is 6.78. The molecule has 36 heavy (non-hydrogen) atoms. The van der Waals surface area contributed by atoms with Crippen LogP contribution in [0.1, 0.15) is 54.7 Å². The van der Waals surface area contributed by atoms with Gasteiger partial charge in [0.15, 0.2) is 12.0 Å². The molecule has 2 bridgehead atoms. The van der Waals surface area contributed by atoms with E-state index < -0.39 is 5.60 Å². The molecule has 0 radical (unpaired) electrons. The number of fused-ring (bicyclic) bond motifs is 6. The van der Waals surface area contributed by atoms with Crippen LogP contribution >= 0.6 is 0 Å². The van der Waals surface area contributed by atoms with Gasteiger partial charge < -0.3 is 19.2 Å². The zero-order chi connectivity index (χ0) is 24.3. The number of carbonyl (C=O) groups excluding carboxylic acids is 1. The number of benzene rings is 3. The summed E-state index contributed by atoms with van der Waals surface area (Å²) in [5.74, 6) is 0.0390. The Kier molecular flexibility index (Phi) is 4.93. The lowest BCUT2D eigenvalue weighted by atomic mass is 9.72. The summed E-state index contributed by atoms with van der Waals surface area (Å²) >= 11 is 0. The normalized spacial score (nSPS) is 25.0. The largest absolute Gasteiger partial charge is 0.448 e. The number of piperidine rings is 2. The first-order valence-corrected chi connectivity index (χ1v) is 12.8. The van der Waals surface area contributed by atoms with E-state index in [1.165, 1.54) is 28.6 Å². The van der Waals surface area contributed by atoms with Crippen LogP contribution in [0.4, 0.5) is 4.79 Å². The van der Waals surface area contributed by atoms with Crippen LogP contribution in [0.5, 0.6) is 0 Å². The Morgan fingerprint density at radius 2 is 1.67 bits per heavy atom. The number of hydrogen-bond acceptors (Lipinski definition) is 5. The Balaban J connectivity index is 1.11. The topological polar surface area (TPSA) is 75.8 Å². The molecule has 1 aromatic heterocycles. The van der Waals surface area contributed by atoms with Gasteiger partial charge in [-0.1, -0.05) is 54.6 Å².